The molecule has 38 atom stereocenters. The van der Waals surface area contributed by atoms with E-state index < -0.39 is 318 Å². The number of phosphoric acid groups is 1. The van der Waals surface area contributed by atoms with Crippen LogP contribution in [-0.4, -0.2) is 426 Å². The Balaban J connectivity index is 1.32. The largest absolute Gasteiger partial charge is 0.477 e. The zero-order chi connectivity index (χ0) is 73.6. The predicted octanol–water partition coefficient (Wildman–Crippen LogP) is -16.9. The second-order valence-corrected chi connectivity index (χ2v) is 25.4. The quantitative estimate of drug-likeness (QED) is 0.0235. The van der Waals surface area contributed by atoms with Crippen LogP contribution in [0, 0.1) is 0 Å². The molecule has 7 aliphatic heterocycles. The van der Waals surface area contributed by atoms with E-state index >= 15 is 0 Å². The summed E-state index contributed by atoms with van der Waals surface area (Å²) in [7, 11) is -5.67. The minimum absolute atomic E-state index is 0.484. The molecule has 47 heteroatoms. The molecule has 7 fully saturated rings. The number of ether oxygens (including phenoxy) is 14. The highest BCUT2D eigenvalue weighted by Crippen LogP contribution is 2.49. The van der Waals surface area contributed by atoms with Gasteiger partial charge < -0.3 is 200 Å². The fourth-order valence-electron chi connectivity index (χ4n) is 12.0. The van der Waals surface area contributed by atoms with E-state index in [9.17, 15) is 141 Å². The Morgan fingerprint density at radius 1 is 0.495 bits per heavy atom. The van der Waals surface area contributed by atoms with Crippen molar-refractivity contribution in [3.63, 3.8) is 0 Å². The van der Waals surface area contributed by atoms with Crippen LogP contribution in [0.25, 0.3) is 0 Å². The number of carboxylic acids is 1. The molecule has 7 rings (SSSR count). The van der Waals surface area contributed by atoms with Crippen LogP contribution in [0.5, 0.6) is 0 Å². The second kappa shape index (κ2) is 35.9. The Kier molecular flexibility index (Phi) is 30.2. The first-order valence-corrected chi connectivity index (χ1v) is 32.2. The van der Waals surface area contributed by atoms with E-state index in [1.165, 1.54) is 0 Å². The van der Waals surface area contributed by atoms with Crippen LogP contribution in [0.15, 0.2) is 0 Å². The number of carbonyl (C=O) groups excluding carboxylic acids is 2. The van der Waals surface area contributed by atoms with Crippen molar-refractivity contribution in [1.29, 1.82) is 0 Å². The minimum atomic E-state index is -5.67. The maximum Gasteiger partial charge on any atom is 0.472 e. The molecule has 46 nitrogen and oxygen atoms in total. The number of aliphatic hydroxyl groups is 22. The van der Waals surface area contributed by atoms with Gasteiger partial charge in [-0.15, -0.1) is 0 Å². The number of hydrogen-bond donors (Lipinski definition) is 26. The summed E-state index contributed by atoms with van der Waals surface area (Å²) in [5.74, 6) is -7.62. The second-order valence-electron chi connectivity index (χ2n) is 24.0. The molecule has 0 spiro atoms. The fourth-order valence-corrected chi connectivity index (χ4v) is 13.0. The molecular weight excluding hydrogens is 1390 g/mol. The summed E-state index contributed by atoms with van der Waals surface area (Å²) in [5, 5.41) is 254. The Hall–Kier alpha value is -2.92. The van der Waals surface area contributed by atoms with Crippen molar-refractivity contribution in [2.75, 3.05) is 59.4 Å². The van der Waals surface area contributed by atoms with Crippen LogP contribution < -0.4 is 11.1 Å². The van der Waals surface area contributed by atoms with E-state index in [-0.39, 0.29) is 0 Å². The van der Waals surface area contributed by atoms with Crippen molar-refractivity contribution >= 4 is 25.7 Å². The summed E-state index contributed by atoms with van der Waals surface area (Å²) in [6.07, 6.45) is -81.6. The molecule has 1 amide bonds. The summed E-state index contributed by atoms with van der Waals surface area (Å²) in [5.41, 5.74) is 5.50. The van der Waals surface area contributed by atoms with Gasteiger partial charge in [-0.25, -0.2) is 9.36 Å². The van der Waals surface area contributed by atoms with Crippen molar-refractivity contribution in [3.05, 3.63) is 0 Å². The third-order valence-electron chi connectivity index (χ3n) is 17.1. The fraction of sp³-hybridized carbons (Fsp3) is 0.942. The number of rotatable bonds is 30. The van der Waals surface area contributed by atoms with Crippen LogP contribution in [0.1, 0.15) is 20.3 Å². The van der Waals surface area contributed by atoms with E-state index in [1.54, 1.807) is 0 Å². The molecule has 7 aliphatic rings. The van der Waals surface area contributed by atoms with E-state index in [4.69, 9.17) is 81.1 Å². The number of aliphatic hydroxyl groups excluding tert-OH is 21. The first-order chi connectivity index (χ1) is 46.6. The highest BCUT2D eigenvalue weighted by molar-refractivity contribution is 7.47. The smallest absolute Gasteiger partial charge is 0.472 e. The van der Waals surface area contributed by atoms with Gasteiger partial charge in [0, 0.05) is 26.8 Å². The van der Waals surface area contributed by atoms with Gasteiger partial charge in [0.15, 0.2) is 43.8 Å². The van der Waals surface area contributed by atoms with Crippen LogP contribution in [-0.2, 0) is 94.3 Å². The third kappa shape index (κ3) is 18.8. The van der Waals surface area contributed by atoms with Crippen molar-refractivity contribution in [2.24, 2.45) is 5.73 Å². The van der Waals surface area contributed by atoms with E-state index in [0.29, 0.717) is 0 Å². The van der Waals surface area contributed by atoms with Gasteiger partial charge >= 0.3 is 19.8 Å². The Bertz CT molecular complexity index is 2600. The number of carboxylic acid groups (broad SMARTS) is 1. The highest BCUT2D eigenvalue weighted by atomic mass is 31.2. The molecule has 0 bridgehead atoms. The molecular formula is C52H89N2O44P. The van der Waals surface area contributed by atoms with Crippen LogP contribution in [0.3, 0.4) is 0 Å². The lowest BCUT2D eigenvalue weighted by atomic mass is 9.91. The molecule has 7 heterocycles. The van der Waals surface area contributed by atoms with Gasteiger partial charge in [-0.1, -0.05) is 0 Å². The van der Waals surface area contributed by atoms with Crippen molar-refractivity contribution < 1.29 is 217 Å². The van der Waals surface area contributed by atoms with Gasteiger partial charge in [-0.2, -0.15) is 0 Å². The summed E-state index contributed by atoms with van der Waals surface area (Å²) in [6, 6.07) is -1.97. The molecule has 0 saturated carbocycles. The van der Waals surface area contributed by atoms with E-state index in [2.05, 4.69) is 5.32 Å². The first-order valence-electron chi connectivity index (χ1n) is 30.7. The van der Waals surface area contributed by atoms with Gasteiger partial charge in [0.05, 0.1) is 59.0 Å². The number of carbonyl (C=O) groups is 3. The van der Waals surface area contributed by atoms with Crippen LogP contribution in [0.2, 0.25) is 0 Å². The minimum Gasteiger partial charge on any atom is -0.477 e. The third-order valence-corrected chi connectivity index (χ3v) is 18.1. The molecule has 0 radical (unpaired) electrons. The SMILES string of the molecule is CC(=O)N[C@H]1[C@@H](O[C@@H]2[C@@H](O[C@@H]3[C@H](O)[C@@H](O[C@H]4[C@@H]([C@H](O)CO)O[C@@](O)(C(=O)O)C[C@H]4O)O[C@H]([C@@H](O)CO)[C@H]3O[C@@H]3O[C@H](CO)[C@@H](O[C@@H]4O[C@H](CO)[C@H](O[C@H]5O[C@H](CO)[C@H](O)[C@H](O)[C@H]5O)[C@H](O)[C@H]4O)[C@H](O)[C@H]3O)O[C@H]([C@@H](O)CO)[C@@H](O)[C@@H]2OP(=O)(O)OCCN)O[C@H](CO)[C@@H](O)[C@@H]1OC(C)=O. The van der Waals surface area contributed by atoms with Gasteiger partial charge in [0.1, 0.15) is 171 Å². The Morgan fingerprint density at radius 3 is 1.42 bits per heavy atom. The number of aliphatic carboxylic acids is 1. The lowest BCUT2D eigenvalue weighted by Crippen LogP contribution is -2.71. The molecule has 0 aromatic heterocycles. The molecule has 99 heavy (non-hydrogen) atoms. The molecule has 0 aliphatic carbocycles. The van der Waals surface area contributed by atoms with Gasteiger partial charge in [-0.05, 0) is 0 Å². The summed E-state index contributed by atoms with van der Waals surface area (Å²) < 4.78 is 105. The van der Waals surface area contributed by atoms with Crippen LogP contribution >= 0.6 is 7.82 Å². The molecule has 1 unspecified atom stereocenters. The molecule has 27 N–H and O–H groups in total. The lowest BCUT2D eigenvalue weighted by Gasteiger charge is -2.53. The Morgan fingerprint density at radius 2 is 0.929 bits per heavy atom. The van der Waals surface area contributed by atoms with Crippen molar-refractivity contribution in [1.82, 2.24) is 5.32 Å². The average Bonchev–Trinajstić information content (AvgIpc) is 0.759. The molecule has 7 saturated heterocycles. The van der Waals surface area contributed by atoms with Gasteiger partial charge in [0.2, 0.25) is 5.91 Å². The number of amides is 1. The predicted molar refractivity (Wildman–Crippen MR) is 300 cm³/mol. The Labute approximate surface area is 558 Å². The summed E-state index contributed by atoms with van der Waals surface area (Å²) >= 11 is 0. The maximum absolute atomic E-state index is 13.8. The first kappa shape index (κ1) is 83.4. The molecule has 0 aromatic rings. The number of hydrogen-bond acceptors (Lipinski definition) is 43. The summed E-state index contributed by atoms with van der Waals surface area (Å²) in [4.78, 5) is 48.7. The van der Waals surface area contributed by atoms with Crippen LogP contribution in [0.4, 0.5) is 0 Å². The lowest BCUT2D eigenvalue weighted by molar-refractivity contribution is -0.414. The van der Waals surface area contributed by atoms with E-state index in [1.807, 2.05) is 0 Å². The monoisotopic (exact) mass is 1480 g/mol. The molecule has 576 valence electrons. The topological polar surface area (TPSA) is 740 Å². The standard InChI is InChI=1S/C52H89N2O44P/c1-13(62)54-23-40(84-14(2)63)25(69)20(10-59)85-45(23)96-44-42(98-99(81,82)83-4-3-53)32(76)34(16(65)6-55)89-50(44)94-41-33(77)49(90-35-15(64)5-52(80,51(78)79)97-37(35)18(67)8-57)91-36(17(66)7-56)43(41)95-48-31(75)28(72)39(22(12-61)88-48)93-47-30(74)27(71)38(21(11-60)87-47)92-46-29(73)26(70)24(68)19(9-58)86-46/h15-50,55-61,64-77,80H,3-12,53H2,1-2H3,(H,54,62)(H,78,79)(H,81,82)/t15-,16+,17+,18-,19-,20-,21-,22-,23-,24+,25-,26+,27-,28-,29-,30-,31-,32-,33+,34-,35-,36-,37-,38+,39-,40-,41-,42+,43-,44+,45-,46-,47+,48+,49+,50-,52-/m1/s1. The molecule has 0 aromatic carbocycles. The van der Waals surface area contributed by atoms with Gasteiger partial charge in [0.25, 0.3) is 5.79 Å². The van der Waals surface area contributed by atoms with E-state index in [0.717, 1.165) is 13.8 Å². The maximum atomic E-state index is 13.8. The normalized spacial score (nSPS) is 46.1. The van der Waals surface area contributed by atoms with Gasteiger partial charge in [-0.3, -0.25) is 18.6 Å². The number of nitrogens with one attached hydrogen (secondary N) is 1. The van der Waals surface area contributed by atoms with Crippen molar-refractivity contribution in [2.45, 2.75) is 247 Å². The highest BCUT2D eigenvalue weighted by Gasteiger charge is 2.63. The summed E-state index contributed by atoms with van der Waals surface area (Å²) in [6.45, 7) is -8.17. The average molecular weight is 1480 g/mol. The number of esters is 1. The zero-order valence-corrected chi connectivity index (χ0v) is 53.2. The number of phosphoric ester groups is 1. The number of nitrogens with two attached hydrogens (primary N) is 1. The van der Waals surface area contributed by atoms with Crippen molar-refractivity contribution in [3.8, 4) is 0 Å². The zero-order valence-electron chi connectivity index (χ0n) is 52.3.